The molecular weight excluding hydrogens is 166 g/mol. The van der Waals surface area contributed by atoms with Crippen LogP contribution in [-0.2, 0) is 16.1 Å². The van der Waals surface area contributed by atoms with Crippen molar-refractivity contribution in [2.24, 2.45) is 0 Å². The average molecular weight is 177 g/mol. The summed E-state index contributed by atoms with van der Waals surface area (Å²) in [6.45, 7) is 2.68. The number of fused-ring (bicyclic) bond motifs is 1. The van der Waals surface area contributed by atoms with Gasteiger partial charge >= 0.3 is 0 Å². The van der Waals surface area contributed by atoms with E-state index in [-0.39, 0.29) is 12.5 Å². The van der Waals surface area contributed by atoms with E-state index < -0.39 is 0 Å². The van der Waals surface area contributed by atoms with Crippen LogP contribution in [0.2, 0.25) is 0 Å². The molecule has 1 aliphatic rings. The Morgan fingerprint density at radius 2 is 2.23 bits per heavy atom. The Kier molecular flexibility index (Phi) is 2.02. The number of benzene rings is 1. The largest absolute Gasteiger partial charge is 0.367 e. The first-order valence-electron chi connectivity index (χ1n) is 4.23. The third-order valence-corrected chi connectivity index (χ3v) is 2.03. The molecule has 1 N–H and O–H groups in total. The molecule has 0 saturated heterocycles. The maximum atomic E-state index is 11.1. The molecule has 1 amide bonds. The molecule has 0 unspecified atom stereocenters. The number of anilines is 1. The monoisotopic (exact) mass is 177 g/mol. The average Bonchev–Trinajstić information content (AvgIpc) is 2.25. The summed E-state index contributed by atoms with van der Waals surface area (Å²) in [5.41, 5.74) is 3.09. The topological polar surface area (TPSA) is 38.3 Å². The maximum Gasteiger partial charge on any atom is 0.250 e. The number of rotatable bonds is 0. The van der Waals surface area contributed by atoms with Crippen LogP contribution in [0.25, 0.3) is 0 Å². The van der Waals surface area contributed by atoms with Crippen LogP contribution in [0, 0.1) is 6.92 Å². The van der Waals surface area contributed by atoms with E-state index in [1.54, 1.807) is 0 Å². The number of hydrogen-bond acceptors (Lipinski definition) is 2. The fraction of sp³-hybridized carbons (Fsp3) is 0.300. The van der Waals surface area contributed by atoms with Gasteiger partial charge in [-0.3, -0.25) is 4.79 Å². The summed E-state index contributed by atoms with van der Waals surface area (Å²) in [5.74, 6) is -0.0809. The van der Waals surface area contributed by atoms with Crippen molar-refractivity contribution in [3.8, 4) is 0 Å². The van der Waals surface area contributed by atoms with Crippen LogP contribution < -0.4 is 5.32 Å². The van der Waals surface area contributed by atoms with Crippen molar-refractivity contribution >= 4 is 11.6 Å². The first-order valence-corrected chi connectivity index (χ1v) is 4.23. The van der Waals surface area contributed by atoms with Crippen LogP contribution in [0.5, 0.6) is 0 Å². The van der Waals surface area contributed by atoms with E-state index in [1.165, 1.54) is 5.56 Å². The quantitative estimate of drug-likeness (QED) is 0.651. The van der Waals surface area contributed by atoms with E-state index in [1.807, 2.05) is 25.1 Å². The lowest BCUT2D eigenvalue weighted by Gasteiger charge is -2.05. The molecule has 0 spiro atoms. The summed E-state index contributed by atoms with van der Waals surface area (Å²) in [6, 6.07) is 5.92. The van der Waals surface area contributed by atoms with Crippen molar-refractivity contribution in [3.63, 3.8) is 0 Å². The van der Waals surface area contributed by atoms with Crippen LogP contribution >= 0.6 is 0 Å². The zero-order valence-corrected chi connectivity index (χ0v) is 7.46. The van der Waals surface area contributed by atoms with Gasteiger partial charge in [-0.2, -0.15) is 0 Å². The minimum Gasteiger partial charge on any atom is -0.367 e. The third kappa shape index (κ3) is 1.70. The molecule has 1 aromatic rings. The molecule has 0 radical (unpaired) electrons. The third-order valence-electron chi connectivity index (χ3n) is 2.03. The van der Waals surface area contributed by atoms with Gasteiger partial charge in [0, 0.05) is 11.3 Å². The highest BCUT2D eigenvalue weighted by Gasteiger charge is 2.12. The fourth-order valence-electron chi connectivity index (χ4n) is 1.40. The van der Waals surface area contributed by atoms with Crippen molar-refractivity contribution in [2.45, 2.75) is 13.5 Å². The Labute approximate surface area is 76.7 Å². The highest BCUT2D eigenvalue weighted by atomic mass is 16.5. The van der Waals surface area contributed by atoms with Crippen molar-refractivity contribution in [1.82, 2.24) is 0 Å². The van der Waals surface area contributed by atoms with Crippen LogP contribution in [-0.4, -0.2) is 12.5 Å². The molecule has 0 aliphatic carbocycles. The molecule has 0 fully saturated rings. The summed E-state index contributed by atoms with van der Waals surface area (Å²) in [7, 11) is 0. The predicted molar refractivity (Wildman–Crippen MR) is 49.5 cm³/mol. The van der Waals surface area contributed by atoms with Gasteiger partial charge in [-0.05, 0) is 13.0 Å². The van der Waals surface area contributed by atoms with E-state index >= 15 is 0 Å². The molecule has 0 atom stereocenters. The SMILES string of the molecule is Cc1ccc2c(c1)COCC(=O)N2. The summed E-state index contributed by atoms with van der Waals surface area (Å²) in [4.78, 5) is 11.1. The Morgan fingerprint density at radius 1 is 1.38 bits per heavy atom. The fourth-order valence-corrected chi connectivity index (χ4v) is 1.40. The van der Waals surface area contributed by atoms with E-state index in [0.717, 1.165) is 11.3 Å². The molecule has 0 aromatic heterocycles. The van der Waals surface area contributed by atoms with Crippen LogP contribution in [0.3, 0.4) is 0 Å². The van der Waals surface area contributed by atoms with E-state index in [4.69, 9.17) is 4.74 Å². The van der Waals surface area contributed by atoms with Crippen molar-refractivity contribution in [1.29, 1.82) is 0 Å². The second-order valence-corrected chi connectivity index (χ2v) is 3.20. The Bertz CT molecular complexity index is 347. The van der Waals surface area contributed by atoms with E-state index in [2.05, 4.69) is 5.32 Å². The van der Waals surface area contributed by atoms with Crippen LogP contribution in [0.15, 0.2) is 18.2 Å². The number of nitrogens with one attached hydrogen (secondary N) is 1. The van der Waals surface area contributed by atoms with Crippen molar-refractivity contribution in [2.75, 3.05) is 11.9 Å². The standard InChI is InChI=1S/C10H11NO2/c1-7-2-3-9-8(4-7)5-13-6-10(12)11-9/h2-4H,5-6H2,1H3,(H,11,12). The molecule has 1 aromatic carbocycles. The molecule has 1 heterocycles. The lowest BCUT2D eigenvalue weighted by molar-refractivity contribution is -0.120. The number of carbonyl (C=O) groups is 1. The van der Waals surface area contributed by atoms with Crippen LogP contribution in [0.1, 0.15) is 11.1 Å². The van der Waals surface area contributed by atoms with Gasteiger partial charge in [0.1, 0.15) is 6.61 Å². The molecule has 2 rings (SSSR count). The Balaban J connectivity index is 2.40. The first-order chi connectivity index (χ1) is 6.25. The highest BCUT2D eigenvalue weighted by molar-refractivity contribution is 5.93. The van der Waals surface area contributed by atoms with Gasteiger partial charge in [0.2, 0.25) is 5.91 Å². The number of hydrogen-bond donors (Lipinski definition) is 1. The molecule has 3 nitrogen and oxygen atoms in total. The summed E-state index contributed by atoms with van der Waals surface area (Å²) in [6.07, 6.45) is 0. The summed E-state index contributed by atoms with van der Waals surface area (Å²) >= 11 is 0. The molecule has 1 aliphatic heterocycles. The minimum atomic E-state index is -0.0809. The smallest absolute Gasteiger partial charge is 0.250 e. The highest BCUT2D eigenvalue weighted by Crippen LogP contribution is 2.20. The molecule has 3 heteroatoms. The van der Waals surface area contributed by atoms with Crippen molar-refractivity contribution in [3.05, 3.63) is 29.3 Å². The van der Waals surface area contributed by atoms with E-state index in [9.17, 15) is 4.79 Å². The lowest BCUT2D eigenvalue weighted by Crippen LogP contribution is -2.14. The minimum absolute atomic E-state index is 0.0809. The number of aryl methyl sites for hydroxylation is 1. The summed E-state index contributed by atoms with van der Waals surface area (Å²) < 4.78 is 5.18. The maximum absolute atomic E-state index is 11.1. The zero-order valence-electron chi connectivity index (χ0n) is 7.46. The molecule has 0 bridgehead atoms. The second-order valence-electron chi connectivity index (χ2n) is 3.20. The van der Waals surface area contributed by atoms with Gasteiger partial charge in [0.05, 0.1) is 6.61 Å². The Hall–Kier alpha value is -1.35. The number of carbonyl (C=O) groups excluding carboxylic acids is 1. The van der Waals surface area contributed by atoms with Crippen LogP contribution in [0.4, 0.5) is 5.69 Å². The predicted octanol–water partition coefficient (Wildman–Crippen LogP) is 1.46. The number of amides is 1. The van der Waals surface area contributed by atoms with Gasteiger partial charge in [-0.15, -0.1) is 0 Å². The molecule has 13 heavy (non-hydrogen) atoms. The first kappa shape index (κ1) is 8.26. The van der Waals surface area contributed by atoms with Gasteiger partial charge in [0.15, 0.2) is 0 Å². The normalized spacial score (nSPS) is 15.9. The zero-order chi connectivity index (χ0) is 9.26. The Morgan fingerprint density at radius 3 is 3.08 bits per heavy atom. The number of ether oxygens (including phenoxy) is 1. The molecular formula is C10H11NO2. The van der Waals surface area contributed by atoms with Gasteiger partial charge in [-0.1, -0.05) is 17.7 Å². The van der Waals surface area contributed by atoms with Crippen molar-refractivity contribution < 1.29 is 9.53 Å². The summed E-state index contributed by atoms with van der Waals surface area (Å²) in [5, 5.41) is 2.79. The molecule has 0 saturated carbocycles. The van der Waals surface area contributed by atoms with Gasteiger partial charge < -0.3 is 10.1 Å². The van der Waals surface area contributed by atoms with E-state index in [0.29, 0.717) is 6.61 Å². The second kappa shape index (κ2) is 3.18. The molecule has 68 valence electrons. The van der Waals surface area contributed by atoms with Gasteiger partial charge in [0.25, 0.3) is 0 Å². The van der Waals surface area contributed by atoms with Gasteiger partial charge in [-0.25, -0.2) is 0 Å². The lowest BCUT2D eigenvalue weighted by atomic mass is 10.1.